The van der Waals surface area contributed by atoms with Gasteiger partial charge < -0.3 is 0 Å². The van der Waals surface area contributed by atoms with Gasteiger partial charge in [-0.3, -0.25) is 0 Å². The normalized spacial score (nSPS) is 37.0. The Morgan fingerprint density at radius 2 is 2.11 bits per heavy atom. The van der Waals surface area contributed by atoms with Gasteiger partial charge >= 0.3 is 0 Å². The van der Waals surface area contributed by atoms with Gasteiger partial charge in [-0.1, -0.05) is 25.0 Å². The van der Waals surface area contributed by atoms with E-state index in [0.29, 0.717) is 5.41 Å². The van der Waals surface area contributed by atoms with E-state index in [2.05, 4.69) is 20.8 Å². The third kappa shape index (κ3) is 0.493. The van der Waals surface area contributed by atoms with E-state index in [4.69, 9.17) is 0 Å². The van der Waals surface area contributed by atoms with Gasteiger partial charge in [0, 0.05) is 0 Å². The van der Waals surface area contributed by atoms with Crippen molar-refractivity contribution < 1.29 is 0 Å². The zero-order valence-electron chi connectivity index (χ0n) is 6.49. The highest BCUT2D eigenvalue weighted by molar-refractivity contribution is 5.43. The molecule has 0 aromatic carbocycles. The molecule has 0 N–H and O–H groups in total. The molecular formula is C9H14. The summed E-state index contributed by atoms with van der Waals surface area (Å²) in [5, 5.41) is 0. The van der Waals surface area contributed by atoms with E-state index in [-0.39, 0.29) is 0 Å². The standard InChI is InChI=1S/C9H14/c1-6-4-5-7-8(6)9(7,2)3/h7H,4-5H2,1-3H3. The molecule has 2 aliphatic carbocycles. The molecule has 0 saturated heterocycles. The molecule has 1 atom stereocenters. The maximum atomic E-state index is 2.37. The van der Waals surface area contributed by atoms with Crippen LogP contribution in [0, 0.1) is 11.3 Å². The fraction of sp³-hybridized carbons (Fsp3) is 0.778. The minimum absolute atomic E-state index is 0.613. The summed E-state index contributed by atoms with van der Waals surface area (Å²) in [5.74, 6) is 0.984. The van der Waals surface area contributed by atoms with Crippen molar-refractivity contribution in [2.75, 3.05) is 0 Å². The molecule has 0 nitrogen and oxygen atoms in total. The molecule has 0 radical (unpaired) electrons. The van der Waals surface area contributed by atoms with Crippen molar-refractivity contribution in [3.8, 4) is 0 Å². The van der Waals surface area contributed by atoms with E-state index in [1.165, 1.54) is 12.8 Å². The van der Waals surface area contributed by atoms with E-state index in [9.17, 15) is 0 Å². The van der Waals surface area contributed by atoms with Crippen LogP contribution in [0.5, 0.6) is 0 Å². The first-order valence-corrected chi connectivity index (χ1v) is 3.84. The quantitative estimate of drug-likeness (QED) is 0.433. The highest BCUT2D eigenvalue weighted by Crippen LogP contribution is 2.65. The first-order chi connectivity index (χ1) is 4.14. The summed E-state index contributed by atoms with van der Waals surface area (Å²) < 4.78 is 0. The fourth-order valence-corrected chi connectivity index (χ4v) is 2.49. The Labute approximate surface area is 57.0 Å². The highest BCUT2D eigenvalue weighted by Gasteiger charge is 2.55. The van der Waals surface area contributed by atoms with Crippen molar-refractivity contribution in [2.45, 2.75) is 33.6 Å². The molecule has 0 spiro atoms. The summed E-state index contributed by atoms with van der Waals surface area (Å²) in [4.78, 5) is 0. The Morgan fingerprint density at radius 1 is 1.44 bits per heavy atom. The second-order valence-electron chi connectivity index (χ2n) is 4.01. The van der Waals surface area contributed by atoms with Gasteiger partial charge in [-0.15, -0.1) is 0 Å². The lowest BCUT2D eigenvalue weighted by atomic mass is 10.0. The lowest BCUT2D eigenvalue weighted by molar-refractivity contribution is 0.528. The van der Waals surface area contributed by atoms with Crippen LogP contribution in [0.1, 0.15) is 33.6 Å². The van der Waals surface area contributed by atoms with Gasteiger partial charge in [-0.05, 0) is 31.1 Å². The van der Waals surface area contributed by atoms with Gasteiger partial charge in [0.05, 0.1) is 0 Å². The van der Waals surface area contributed by atoms with Crippen molar-refractivity contribution in [2.24, 2.45) is 11.3 Å². The largest absolute Gasteiger partial charge is 0.0732 e. The summed E-state index contributed by atoms with van der Waals surface area (Å²) in [6.07, 6.45) is 2.82. The zero-order valence-corrected chi connectivity index (χ0v) is 6.49. The number of hydrogen-bond donors (Lipinski definition) is 0. The molecule has 0 amide bonds. The van der Waals surface area contributed by atoms with Gasteiger partial charge in [0.15, 0.2) is 0 Å². The van der Waals surface area contributed by atoms with Crippen molar-refractivity contribution in [3.63, 3.8) is 0 Å². The average molecular weight is 122 g/mol. The Balaban J connectivity index is 2.38. The van der Waals surface area contributed by atoms with Crippen LogP contribution in [0.2, 0.25) is 0 Å². The van der Waals surface area contributed by atoms with Crippen LogP contribution in [0.25, 0.3) is 0 Å². The number of fused-ring (bicyclic) bond motifs is 1. The van der Waals surface area contributed by atoms with Crippen molar-refractivity contribution >= 4 is 0 Å². The number of allylic oxidation sites excluding steroid dienone is 2. The molecule has 9 heavy (non-hydrogen) atoms. The maximum Gasteiger partial charge on any atom is -0.00732 e. The van der Waals surface area contributed by atoms with E-state index >= 15 is 0 Å². The lowest BCUT2D eigenvalue weighted by Crippen LogP contribution is -1.92. The Hall–Kier alpha value is -0.260. The molecular weight excluding hydrogens is 108 g/mol. The maximum absolute atomic E-state index is 2.37. The third-order valence-electron chi connectivity index (χ3n) is 3.10. The fourth-order valence-electron chi connectivity index (χ4n) is 2.49. The molecule has 1 unspecified atom stereocenters. The summed E-state index contributed by atoms with van der Waals surface area (Å²) in [5.41, 5.74) is 4.08. The van der Waals surface area contributed by atoms with Crippen LogP contribution in [0.3, 0.4) is 0 Å². The molecule has 0 heterocycles. The topological polar surface area (TPSA) is 0 Å². The second kappa shape index (κ2) is 1.25. The molecule has 50 valence electrons. The second-order valence-corrected chi connectivity index (χ2v) is 4.01. The van der Waals surface area contributed by atoms with Crippen molar-refractivity contribution in [3.05, 3.63) is 11.1 Å². The predicted molar refractivity (Wildman–Crippen MR) is 39.2 cm³/mol. The molecule has 0 aromatic heterocycles. The Kier molecular flexibility index (Phi) is 0.769. The zero-order chi connectivity index (χ0) is 6.65. The predicted octanol–water partition coefficient (Wildman–Crippen LogP) is 2.75. The van der Waals surface area contributed by atoms with Crippen LogP contribution in [-0.4, -0.2) is 0 Å². The summed E-state index contributed by atoms with van der Waals surface area (Å²) in [7, 11) is 0. The van der Waals surface area contributed by atoms with Crippen LogP contribution in [0.4, 0.5) is 0 Å². The minimum Gasteiger partial charge on any atom is -0.0732 e. The molecule has 2 rings (SSSR count). The highest BCUT2D eigenvalue weighted by atomic mass is 14.6. The monoisotopic (exact) mass is 122 g/mol. The number of rotatable bonds is 0. The summed E-state index contributed by atoms with van der Waals surface area (Å²) >= 11 is 0. The first kappa shape index (κ1) is 5.52. The number of hydrogen-bond acceptors (Lipinski definition) is 0. The molecule has 0 bridgehead atoms. The van der Waals surface area contributed by atoms with Gasteiger partial charge in [-0.25, -0.2) is 0 Å². The van der Waals surface area contributed by atoms with E-state index in [1.807, 2.05) is 0 Å². The van der Waals surface area contributed by atoms with E-state index < -0.39 is 0 Å². The van der Waals surface area contributed by atoms with E-state index in [0.717, 1.165) is 5.92 Å². The van der Waals surface area contributed by atoms with Crippen LogP contribution in [0.15, 0.2) is 11.1 Å². The molecule has 0 heteroatoms. The molecule has 1 fully saturated rings. The molecule has 2 aliphatic rings. The van der Waals surface area contributed by atoms with Gasteiger partial charge in [-0.2, -0.15) is 0 Å². The third-order valence-corrected chi connectivity index (χ3v) is 3.10. The summed E-state index contributed by atoms with van der Waals surface area (Å²) in [6.45, 7) is 7.04. The lowest BCUT2D eigenvalue weighted by Gasteiger charge is -2.03. The Morgan fingerprint density at radius 3 is 2.33 bits per heavy atom. The van der Waals surface area contributed by atoms with Gasteiger partial charge in [0.1, 0.15) is 0 Å². The molecule has 0 aromatic rings. The molecule has 1 saturated carbocycles. The Bertz CT molecular complexity index is 184. The minimum atomic E-state index is 0.613. The average Bonchev–Trinajstić information content (AvgIpc) is 2.19. The SMILES string of the molecule is CC1=C2C(CC1)C2(C)C. The first-order valence-electron chi connectivity index (χ1n) is 3.84. The van der Waals surface area contributed by atoms with Crippen LogP contribution in [-0.2, 0) is 0 Å². The van der Waals surface area contributed by atoms with Crippen molar-refractivity contribution in [1.29, 1.82) is 0 Å². The van der Waals surface area contributed by atoms with E-state index in [1.54, 1.807) is 11.1 Å². The summed E-state index contributed by atoms with van der Waals surface area (Å²) in [6, 6.07) is 0. The van der Waals surface area contributed by atoms with Crippen molar-refractivity contribution in [1.82, 2.24) is 0 Å². The van der Waals surface area contributed by atoms with Crippen LogP contribution >= 0.6 is 0 Å². The van der Waals surface area contributed by atoms with Gasteiger partial charge in [0.25, 0.3) is 0 Å². The smallest absolute Gasteiger partial charge is 0.00732 e. The van der Waals surface area contributed by atoms with Crippen LogP contribution < -0.4 is 0 Å². The molecule has 0 aliphatic heterocycles. The van der Waals surface area contributed by atoms with Gasteiger partial charge in [0.2, 0.25) is 0 Å².